The van der Waals surface area contributed by atoms with Crippen molar-refractivity contribution >= 4 is 9.84 Å². The van der Waals surface area contributed by atoms with Gasteiger partial charge in [0.05, 0.1) is 11.5 Å². The van der Waals surface area contributed by atoms with Gasteiger partial charge in [-0.15, -0.1) is 0 Å². The molecule has 2 unspecified atom stereocenters. The minimum absolute atomic E-state index is 0.137. The van der Waals surface area contributed by atoms with Gasteiger partial charge >= 0.3 is 0 Å². The van der Waals surface area contributed by atoms with Gasteiger partial charge in [-0.3, -0.25) is 0 Å². The van der Waals surface area contributed by atoms with Crippen LogP contribution in [0.2, 0.25) is 0 Å². The summed E-state index contributed by atoms with van der Waals surface area (Å²) in [6, 6.07) is 0.137. The average Bonchev–Trinajstić information content (AvgIpc) is 2.10. The van der Waals surface area contributed by atoms with E-state index in [9.17, 15) is 8.42 Å². The quantitative estimate of drug-likeness (QED) is 0.658. The normalized spacial score (nSPS) is 32.3. The molecule has 0 saturated carbocycles. The Kier molecular flexibility index (Phi) is 3.12. The van der Waals surface area contributed by atoms with Crippen molar-refractivity contribution in [3.8, 4) is 0 Å². The summed E-state index contributed by atoms with van der Waals surface area (Å²) >= 11 is 0. The number of nitrogens with two attached hydrogens (primary N) is 1. The first-order chi connectivity index (χ1) is 5.51. The zero-order valence-electron chi connectivity index (χ0n) is 7.49. The summed E-state index contributed by atoms with van der Waals surface area (Å²) < 4.78 is 22.4. The molecule has 1 aliphatic rings. The maximum atomic E-state index is 11.2. The summed E-state index contributed by atoms with van der Waals surface area (Å²) in [5.41, 5.74) is 5.73. The van der Waals surface area contributed by atoms with Gasteiger partial charge in [0, 0.05) is 6.04 Å². The first-order valence-electron chi connectivity index (χ1n) is 4.47. The van der Waals surface area contributed by atoms with Crippen LogP contribution in [0.25, 0.3) is 0 Å². The van der Waals surface area contributed by atoms with Crippen molar-refractivity contribution in [2.24, 2.45) is 11.7 Å². The minimum atomic E-state index is -2.74. The van der Waals surface area contributed by atoms with Gasteiger partial charge in [-0.2, -0.15) is 0 Å². The van der Waals surface area contributed by atoms with E-state index in [1.165, 1.54) is 0 Å². The lowest BCUT2D eigenvalue weighted by molar-refractivity contribution is 0.406. The van der Waals surface area contributed by atoms with E-state index in [2.05, 4.69) is 0 Å². The molecular formula is C8H17NO2S. The molecule has 1 rings (SSSR count). The van der Waals surface area contributed by atoms with Crippen molar-refractivity contribution in [1.29, 1.82) is 0 Å². The Bertz CT molecular complexity index is 233. The summed E-state index contributed by atoms with van der Waals surface area (Å²) in [5.74, 6) is 1.09. The van der Waals surface area contributed by atoms with Crippen LogP contribution in [0.3, 0.4) is 0 Å². The second-order valence-corrected chi connectivity index (χ2v) is 6.01. The molecule has 2 atom stereocenters. The fourth-order valence-electron chi connectivity index (χ4n) is 1.67. The third-order valence-corrected chi connectivity index (χ3v) is 4.34. The maximum Gasteiger partial charge on any atom is 0.150 e. The standard InChI is InChI=1S/C8H17NO2S/c1-7(9)8-3-2-5-12(10,11)6-4-8/h7-8H,2-6,9H2,1H3. The van der Waals surface area contributed by atoms with E-state index in [1.54, 1.807) is 0 Å². The van der Waals surface area contributed by atoms with Crippen LogP contribution < -0.4 is 5.73 Å². The van der Waals surface area contributed by atoms with Gasteiger partial charge in [-0.1, -0.05) is 0 Å². The van der Waals surface area contributed by atoms with Gasteiger partial charge in [-0.25, -0.2) is 8.42 Å². The molecule has 2 N–H and O–H groups in total. The second-order valence-electron chi connectivity index (χ2n) is 3.70. The number of sulfone groups is 1. The fraction of sp³-hybridized carbons (Fsp3) is 1.00. The number of hydrogen-bond acceptors (Lipinski definition) is 3. The van der Waals surface area contributed by atoms with E-state index < -0.39 is 9.84 Å². The lowest BCUT2D eigenvalue weighted by Gasteiger charge is -2.16. The van der Waals surface area contributed by atoms with Crippen LogP contribution in [0.1, 0.15) is 26.2 Å². The lowest BCUT2D eigenvalue weighted by atomic mass is 9.94. The Morgan fingerprint density at radius 1 is 1.33 bits per heavy atom. The zero-order chi connectivity index (χ0) is 9.19. The third kappa shape index (κ3) is 2.75. The molecule has 4 heteroatoms. The molecule has 0 aromatic heterocycles. The molecule has 1 heterocycles. The first-order valence-corrected chi connectivity index (χ1v) is 6.29. The van der Waals surface area contributed by atoms with Gasteiger partial charge in [0.2, 0.25) is 0 Å². The number of hydrogen-bond donors (Lipinski definition) is 1. The van der Waals surface area contributed by atoms with E-state index in [0.717, 1.165) is 19.3 Å². The Balaban J connectivity index is 2.56. The molecule has 0 radical (unpaired) electrons. The summed E-state index contributed by atoms with van der Waals surface area (Å²) in [6.45, 7) is 1.96. The molecule has 0 spiro atoms. The fourth-order valence-corrected chi connectivity index (χ4v) is 3.14. The monoisotopic (exact) mass is 191 g/mol. The van der Waals surface area contributed by atoms with Crippen LogP contribution in [-0.4, -0.2) is 26.0 Å². The molecule has 0 aliphatic carbocycles. The molecular weight excluding hydrogens is 174 g/mol. The molecule has 3 nitrogen and oxygen atoms in total. The van der Waals surface area contributed by atoms with Gasteiger partial charge in [0.15, 0.2) is 0 Å². The maximum absolute atomic E-state index is 11.2. The topological polar surface area (TPSA) is 60.2 Å². The summed E-state index contributed by atoms with van der Waals surface area (Å²) in [7, 11) is -2.74. The predicted octanol–water partition coefficient (Wildman–Crippen LogP) is 0.548. The highest BCUT2D eigenvalue weighted by atomic mass is 32.2. The molecule has 1 aliphatic heterocycles. The summed E-state index contributed by atoms with van der Waals surface area (Å²) in [4.78, 5) is 0. The Morgan fingerprint density at radius 3 is 2.58 bits per heavy atom. The summed E-state index contributed by atoms with van der Waals surface area (Å²) in [5, 5.41) is 0. The zero-order valence-corrected chi connectivity index (χ0v) is 8.31. The number of rotatable bonds is 1. The van der Waals surface area contributed by atoms with Crippen molar-refractivity contribution in [3.63, 3.8) is 0 Å². The van der Waals surface area contributed by atoms with Crippen LogP contribution in [0.4, 0.5) is 0 Å². The van der Waals surface area contributed by atoms with Crippen molar-refractivity contribution in [1.82, 2.24) is 0 Å². The Morgan fingerprint density at radius 2 is 2.00 bits per heavy atom. The molecule has 12 heavy (non-hydrogen) atoms. The molecule has 72 valence electrons. The Hall–Kier alpha value is -0.0900. The Labute approximate surface area is 74.3 Å². The van der Waals surface area contributed by atoms with E-state index in [0.29, 0.717) is 17.4 Å². The minimum Gasteiger partial charge on any atom is -0.328 e. The van der Waals surface area contributed by atoms with E-state index in [-0.39, 0.29) is 6.04 Å². The van der Waals surface area contributed by atoms with Crippen LogP contribution in [-0.2, 0) is 9.84 Å². The first kappa shape index (κ1) is 9.99. The van der Waals surface area contributed by atoms with E-state index in [1.807, 2.05) is 6.92 Å². The largest absolute Gasteiger partial charge is 0.328 e. The van der Waals surface area contributed by atoms with Gasteiger partial charge in [-0.05, 0) is 32.1 Å². The third-order valence-electron chi connectivity index (χ3n) is 2.57. The molecule has 0 bridgehead atoms. The van der Waals surface area contributed by atoms with Crippen molar-refractivity contribution in [2.45, 2.75) is 32.2 Å². The van der Waals surface area contributed by atoms with Gasteiger partial charge < -0.3 is 5.73 Å². The van der Waals surface area contributed by atoms with Crippen molar-refractivity contribution in [3.05, 3.63) is 0 Å². The van der Waals surface area contributed by atoms with E-state index in [4.69, 9.17) is 5.73 Å². The van der Waals surface area contributed by atoms with Crippen LogP contribution in [0.5, 0.6) is 0 Å². The highest BCUT2D eigenvalue weighted by Crippen LogP contribution is 2.20. The highest BCUT2D eigenvalue weighted by molar-refractivity contribution is 7.91. The second kappa shape index (κ2) is 3.75. The van der Waals surface area contributed by atoms with Gasteiger partial charge in [0.1, 0.15) is 9.84 Å². The van der Waals surface area contributed by atoms with Crippen LogP contribution in [0.15, 0.2) is 0 Å². The van der Waals surface area contributed by atoms with Gasteiger partial charge in [0.25, 0.3) is 0 Å². The van der Waals surface area contributed by atoms with Crippen LogP contribution in [0, 0.1) is 5.92 Å². The molecule has 0 amide bonds. The average molecular weight is 191 g/mol. The van der Waals surface area contributed by atoms with E-state index >= 15 is 0 Å². The lowest BCUT2D eigenvalue weighted by Crippen LogP contribution is -2.26. The van der Waals surface area contributed by atoms with Crippen molar-refractivity contribution < 1.29 is 8.42 Å². The van der Waals surface area contributed by atoms with Crippen molar-refractivity contribution in [2.75, 3.05) is 11.5 Å². The van der Waals surface area contributed by atoms with Crippen LogP contribution >= 0.6 is 0 Å². The highest BCUT2D eigenvalue weighted by Gasteiger charge is 2.22. The molecule has 1 saturated heterocycles. The molecule has 1 fully saturated rings. The predicted molar refractivity (Wildman–Crippen MR) is 49.6 cm³/mol. The summed E-state index contributed by atoms with van der Waals surface area (Å²) in [6.07, 6.45) is 2.51. The molecule has 0 aromatic rings. The smallest absolute Gasteiger partial charge is 0.150 e. The molecule has 0 aromatic carbocycles. The SMILES string of the molecule is CC(N)C1CCCS(=O)(=O)CC1.